The molecule has 0 aliphatic heterocycles. The number of furan rings is 1. The Hall–Kier alpha value is -2.40. The molecular formula is C15H15N3O2. The fraction of sp³-hybridized carbons (Fsp3) is 0.200. The van der Waals surface area contributed by atoms with Crippen LogP contribution in [-0.4, -0.2) is 24.1 Å². The van der Waals surface area contributed by atoms with E-state index in [2.05, 4.69) is 15.3 Å². The van der Waals surface area contributed by atoms with E-state index in [-0.39, 0.29) is 0 Å². The molecule has 0 spiro atoms. The molecule has 3 aromatic rings. The third-order valence-corrected chi connectivity index (χ3v) is 2.97. The van der Waals surface area contributed by atoms with E-state index in [1.807, 2.05) is 43.4 Å². The summed E-state index contributed by atoms with van der Waals surface area (Å²) in [6.45, 7) is 0.435. The average molecular weight is 269 g/mol. The Morgan fingerprint density at radius 3 is 2.80 bits per heavy atom. The smallest absolute Gasteiger partial charge is 0.197 e. The first-order valence-electron chi connectivity index (χ1n) is 6.34. The summed E-state index contributed by atoms with van der Waals surface area (Å²) >= 11 is 0. The standard InChI is InChI=1S/C15H15N3O2/c1-16-14-8-11(9-19-2)17-15(18-14)13-7-10-5-3-4-6-12(10)20-13/h3-8H,9H2,1-2H3,(H,16,17,18). The number of rotatable bonds is 4. The summed E-state index contributed by atoms with van der Waals surface area (Å²) < 4.78 is 10.9. The predicted molar refractivity (Wildman–Crippen MR) is 77.5 cm³/mol. The zero-order valence-corrected chi connectivity index (χ0v) is 11.4. The third kappa shape index (κ3) is 2.35. The number of hydrogen-bond donors (Lipinski definition) is 1. The Morgan fingerprint density at radius 2 is 2.05 bits per heavy atom. The molecule has 1 N–H and O–H groups in total. The van der Waals surface area contributed by atoms with Crippen molar-refractivity contribution in [1.29, 1.82) is 0 Å². The van der Waals surface area contributed by atoms with Crippen LogP contribution in [0.2, 0.25) is 0 Å². The molecule has 0 aliphatic rings. The highest BCUT2D eigenvalue weighted by Gasteiger charge is 2.11. The molecule has 0 unspecified atom stereocenters. The van der Waals surface area contributed by atoms with Gasteiger partial charge in [0.1, 0.15) is 11.4 Å². The van der Waals surface area contributed by atoms with E-state index in [1.54, 1.807) is 7.11 Å². The average Bonchev–Trinajstić information content (AvgIpc) is 2.91. The normalized spacial score (nSPS) is 10.9. The lowest BCUT2D eigenvalue weighted by atomic mass is 10.2. The molecule has 0 atom stereocenters. The van der Waals surface area contributed by atoms with Crippen LogP contribution < -0.4 is 5.32 Å². The number of ether oxygens (including phenoxy) is 1. The van der Waals surface area contributed by atoms with Gasteiger partial charge in [-0.15, -0.1) is 0 Å². The molecular weight excluding hydrogens is 254 g/mol. The third-order valence-electron chi connectivity index (χ3n) is 2.97. The van der Waals surface area contributed by atoms with Crippen LogP contribution in [-0.2, 0) is 11.3 Å². The molecule has 20 heavy (non-hydrogen) atoms. The van der Waals surface area contributed by atoms with Crippen molar-refractivity contribution in [2.24, 2.45) is 0 Å². The fourth-order valence-electron chi connectivity index (χ4n) is 2.05. The maximum Gasteiger partial charge on any atom is 0.197 e. The number of nitrogens with one attached hydrogen (secondary N) is 1. The van der Waals surface area contributed by atoms with Gasteiger partial charge in [-0.2, -0.15) is 0 Å². The Balaban J connectivity index is 2.09. The summed E-state index contributed by atoms with van der Waals surface area (Å²) in [6, 6.07) is 11.6. The van der Waals surface area contributed by atoms with Crippen molar-refractivity contribution in [3.8, 4) is 11.6 Å². The van der Waals surface area contributed by atoms with E-state index < -0.39 is 0 Å². The zero-order chi connectivity index (χ0) is 13.9. The molecule has 0 saturated carbocycles. The first-order chi connectivity index (χ1) is 9.80. The van der Waals surface area contributed by atoms with Crippen molar-refractivity contribution in [2.75, 3.05) is 19.5 Å². The molecule has 1 aromatic carbocycles. The van der Waals surface area contributed by atoms with Gasteiger partial charge in [0, 0.05) is 25.6 Å². The van der Waals surface area contributed by atoms with Crippen molar-refractivity contribution in [3.05, 3.63) is 42.1 Å². The maximum absolute atomic E-state index is 5.79. The Kier molecular flexibility index (Phi) is 3.35. The quantitative estimate of drug-likeness (QED) is 0.788. The van der Waals surface area contributed by atoms with Gasteiger partial charge in [0.2, 0.25) is 0 Å². The van der Waals surface area contributed by atoms with Crippen molar-refractivity contribution in [1.82, 2.24) is 9.97 Å². The summed E-state index contributed by atoms with van der Waals surface area (Å²) in [5.41, 5.74) is 1.64. The molecule has 102 valence electrons. The first kappa shape index (κ1) is 12.6. The van der Waals surface area contributed by atoms with Crippen molar-refractivity contribution < 1.29 is 9.15 Å². The lowest BCUT2D eigenvalue weighted by Crippen LogP contribution is -2.01. The number of fused-ring (bicyclic) bond motifs is 1. The second kappa shape index (κ2) is 5.30. The minimum absolute atomic E-state index is 0.435. The van der Waals surface area contributed by atoms with Gasteiger partial charge in [-0.25, -0.2) is 9.97 Å². The minimum atomic E-state index is 0.435. The Morgan fingerprint density at radius 1 is 1.20 bits per heavy atom. The van der Waals surface area contributed by atoms with E-state index in [4.69, 9.17) is 9.15 Å². The molecule has 2 heterocycles. The van der Waals surface area contributed by atoms with Crippen LogP contribution in [0.5, 0.6) is 0 Å². The van der Waals surface area contributed by atoms with E-state index in [0.29, 0.717) is 18.2 Å². The molecule has 2 aromatic heterocycles. The fourth-order valence-corrected chi connectivity index (χ4v) is 2.05. The van der Waals surface area contributed by atoms with Gasteiger partial charge >= 0.3 is 0 Å². The topological polar surface area (TPSA) is 60.2 Å². The predicted octanol–water partition coefficient (Wildman–Crippen LogP) is 3.08. The van der Waals surface area contributed by atoms with Gasteiger partial charge in [0.25, 0.3) is 0 Å². The minimum Gasteiger partial charge on any atom is -0.453 e. The molecule has 0 amide bonds. The number of hydrogen-bond acceptors (Lipinski definition) is 5. The van der Waals surface area contributed by atoms with Crippen molar-refractivity contribution in [2.45, 2.75) is 6.61 Å². The summed E-state index contributed by atoms with van der Waals surface area (Å²) in [5, 5.41) is 4.06. The Labute approximate surface area is 116 Å². The summed E-state index contributed by atoms with van der Waals surface area (Å²) in [6.07, 6.45) is 0. The van der Waals surface area contributed by atoms with Gasteiger partial charge in [-0.1, -0.05) is 18.2 Å². The molecule has 0 fully saturated rings. The summed E-state index contributed by atoms with van der Waals surface area (Å²) in [4.78, 5) is 8.89. The number of nitrogens with zero attached hydrogens (tertiary/aromatic N) is 2. The number of aromatic nitrogens is 2. The second-order valence-electron chi connectivity index (χ2n) is 4.40. The lowest BCUT2D eigenvalue weighted by molar-refractivity contribution is 0.181. The van der Waals surface area contributed by atoms with Crippen LogP contribution >= 0.6 is 0 Å². The molecule has 0 aliphatic carbocycles. The van der Waals surface area contributed by atoms with E-state index in [9.17, 15) is 0 Å². The van der Waals surface area contributed by atoms with E-state index in [0.717, 1.165) is 22.5 Å². The monoisotopic (exact) mass is 269 g/mol. The lowest BCUT2D eigenvalue weighted by Gasteiger charge is -2.05. The van der Waals surface area contributed by atoms with Crippen LogP contribution in [0.3, 0.4) is 0 Å². The van der Waals surface area contributed by atoms with Crippen LogP contribution in [0, 0.1) is 0 Å². The van der Waals surface area contributed by atoms with Crippen LogP contribution in [0.4, 0.5) is 5.82 Å². The van der Waals surface area contributed by atoms with Gasteiger partial charge < -0.3 is 14.5 Å². The summed E-state index contributed by atoms with van der Waals surface area (Å²) in [5.74, 6) is 1.95. The molecule has 5 nitrogen and oxygen atoms in total. The maximum atomic E-state index is 5.79. The highest BCUT2D eigenvalue weighted by atomic mass is 16.5. The van der Waals surface area contributed by atoms with Crippen LogP contribution in [0.25, 0.3) is 22.6 Å². The van der Waals surface area contributed by atoms with Gasteiger partial charge in [-0.05, 0) is 12.1 Å². The van der Waals surface area contributed by atoms with E-state index in [1.165, 1.54) is 0 Å². The second-order valence-corrected chi connectivity index (χ2v) is 4.40. The first-order valence-corrected chi connectivity index (χ1v) is 6.34. The number of benzene rings is 1. The molecule has 0 radical (unpaired) electrons. The molecule has 5 heteroatoms. The number of para-hydroxylation sites is 1. The van der Waals surface area contributed by atoms with Crippen molar-refractivity contribution >= 4 is 16.8 Å². The molecule has 3 rings (SSSR count). The van der Waals surface area contributed by atoms with Gasteiger partial charge in [0.05, 0.1) is 12.3 Å². The van der Waals surface area contributed by atoms with E-state index >= 15 is 0 Å². The van der Waals surface area contributed by atoms with Gasteiger partial charge in [0.15, 0.2) is 11.6 Å². The molecule has 0 bridgehead atoms. The largest absolute Gasteiger partial charge is 0.453 e. The highest BCUT2D eigenvalue weighted by molar-refractivity contribution is 5.81. The Bertz CT molecular complexity index is 704. The van der Waals surface area contributed by atoms with Crippen LogP contribution in [0.15, 0.2) is 40.8 Å². The number of anilines is 1. The number of methoxy groups -OCH3 is 1. The summed E-state index contributed by atoms with van der Waals surface area (Å²) in [7, 11) is 3.46. The van der Waals surface area contributed by atoms with Crippen LogP contribution in [0.1, 0.15) is 5.69 Å². The zero-order valence-electron chi connectivity index (χ0n) is 11.4. The highest BCUT2D eigenvalue weighted by Crippen LogP contribution is 2.26. The van der Waals surface area contributed by atoms with Crippen molar-refractivity contribution in [3.63, 3.8) is 0 Å². The molecule has 0 saturated heterocycles. The SMILES string of the molecule is CNc1cc(COC)nc(-c2cc3ccccc3o2)n1. The van der Waals surface area contributed by atoms with Gasteiger partial charge in [-0.3, -0.25) is 0 Å².